The Bertz CT molecular complexity index is 1060. The summed E-state index contributed by atoms with van der Waals surface area (Å²) in [6.45, 7) is 17.5. The molecule has 0 radical (unpaired) electrons. The van der Waals surface area contributed by atoms with Crippen molar-refractivity contribution in [1.29, 1.82) is 0 Å². The van der Waals surface area contributed by atoms with Gasteiger partial charge in [-0.25, -0.2) is 4.79 Å². The fourth-order valence-electron chi connectivity index (χ4n) is 8.43. The van der Waals surface area contributed by atoms with Crippen molar-refractivity contribution in [2.45, 2.75) is 92.1 Å². The highest BCUT2D eigenvalue weighted by molar-refractivity contribution is 5.85. The Morgan fingerprint density at radius 3 is 2.39 bits per heavy atom. The lowest BCUT2D eigenvalue weighted by molar-refractivity contribution is -0.192. The van der Waals surface area contributed by atoms with Gasteiger partial charge in [0.1, 0.15) is 22.9 Å². The summed E-state index contributed by atoms with van der Waals surface area (Å²) in [6.07, 6.45) is 6.18. The molecule has 1 spiro atoms. The maximum atomic E-state index is 12.8. The van der Waals surface area contributed by atoms with Crippen LogP contribution in [0.3, 0.4) is 0 Å². The number of Topliss-reactive ketones (excluding diaryl/α,β-unsaturated/α-hetero) is 1. The van der Waals surface area contributed by atoms with E-state index in [9.17, 15) is 9.59 Å². The number of carbonyl (C=O) groups excluding carboxylic acids is 1. The van der Waals surface area contributed by atoms with Gasteiger partial charge in [0.25, 0.3) is 0 Å². The molecule has 4 aliphatic rings. The quantitative estimate of drug-likeness (QED) is 0.501. The van der Waals surface area contributed by atoms with E-state index in [2.05, 4.69) is 34.3 Å². The number of aryl methyl sites for hydroxylation is 1. The van der Waals surface area contributed by atoms with Gasteiger partial charge >= 0.3 is 5.63 Å². The van der Waals surface area contributed by atoms with Gasteiger partial charge < -0.3 is 9.15 Å². The molecule has 0 N–H and O–H groups in total. The third-order valence-corrected chi connectivity index (χ3v) is 10.4. The molecule has 1 aliphatic heterocycles. The van der Waals surface area contributed by atoms with Crippen molar-refractivity contribution in [3.05, 3.63) is 39.5 Å². The van der Waals surface area contributed by atoms with Crippen LogP contribution in [0.15, 0.2) is 21.4 Å². The molecule has 1 aromatic rings. The van der Waals surface area contributed by atoms with E-state index in [4.69, 9.17) is 9.15 Å². The van der Waals surface area contributed by atoms with E-state index in [1.54, 1.807) is 0 Å². The Balaban J connectivity index is 1.64. The fraction of sp³-hybridized carbons (Fsp3) is 0.704. The smallest absolute Gasteiger partial charge is 0.343 e. The van der Waals surface area contributed by atoms with Crippen molar-refractivity contribution in [3.63, 3.8) is 0 Å². The highest BCUT2D eigenvalue weighted by atomic mass is 16.5. The molecule has 3 saturated carbocycles. The van der Waals surface area contributed by atoms with E-state index in [1.165, 1.54) is 0 Å². The summed E-state index contributed by atoms with van der Waals surface area (Å²) in [5, 5.41) is 0. The van der Waals surface area contributed by atoms with Gasteiger partial charge in [0.15, 0.2) is 0 Å². The highest BCUT2D eigenvalue weighted by Crippen LogP contribution is 2.71. The van der Waals surface area contributed by atoms with E-state index < -0.39 is 5.60 Å². The summed E-state index contributed by atoms with van der Waals surface area (Å²) >= 11 is 0. The van der Waals surface area contributed by atoms with Crippen LogP contribution < -0.4 is 10.4 Å². The van der Waals surface area contributed by atoms with Gasteiger partial charge in [0.05, 0.1) is 5.56 Å². The van der Waals surface area contributed by atoms with Gasteiger partial charge in [-0.05, 0) is 68.8 Å². The molecule has 0 aromatic carbocycles. The average molecular weight is 425 g/mol. The lowest BCUT2D eigenvalue weighted by atomic mass is 9.38. The number of rotatable bonds is 0. The van der Waals surface area contributed by atoms with Crippen molar-refractivity contribution >= 4 is 5.78 Å². The molecule has 5 atom stereocenters. The van der Waals surface area contributed by atoms with Crippen LogP contribution in [0.5, 0.6) is 5.75 Å². The monoisotopic (exact) mass is 424 g/mol. The lowest BCUT2D eigenvalue weighted by Gasteiger charge is -2.67. The summed E-state index contributed by atoms with van der Waals surface area (Å²) in [5.41, 5.74) is 1.58. The van der Waals surface area contributed by atoms with Gasteiger partial charge in [-0.3, -0.25) is 4.79 Å². The van der Waals surface area contributed by atoms with Crippen molar-refractivity contribution in [1.82, 2.24) is 0 Å². The summed E-state index contributed by atoms with van der Waals surface area (Å²) in [4.78, 5) is 25.6. The van der Waals surface area contributed by atoms with Gasteiger partial charge in [0, 0.05) is 29.2 Å². The minimum atomic E-state index is -0.564. The first kappa shape index (κ1) is 21.0. The molecular weight excluding hydrogens is 388 g/mol. The summed E-state index contributed by atoms with van der Waals surface area (Å²) in [7, 11) is 0. The van der Waals surface area contributed by atoms with Crippen LogP contribution >= 0.6 is 0 Å². The molecule has 4 nitrogen and oxygen atoms in total. The van der Waals surface area contributed by atoms with Crippen LogP contribution in [0.2, 0.25) is 0 Å². The van der Waals surface area contributed by atoms with Crippen LogP contribution in [0, 0.1) is 41.9 Å². The molecule has 3 aliphatic carbocycles. The molecular formula is C27H36O4. The predicted octanol–water partition coefficient (Wildman–Crippen LogP) is 5.71. The molecule has 31 heavy (non-hydrogen) atoms. The SMILES string of the molecule is C=C1CC[C@@H]2[C@@]3(C)CCC(=O)C(C)(C)[C@@H]3CC[C@@]2(C)[C@@]12Cc1c(c(C)c(C)oc1=O)O2. The largest absolute Gasteiger partial charge is 0.481 e. The summed E-state index contributed by atoms with van der Waals surface area (Å²) in [6, 6.07) is 0. The summed E-state index contributed by atoms with van der Waals surface area (Å²) < 4.78 is 12.4. The van der Waals surface area contributed by atoms with Crippen LogP contribution in [-0.4, -0.2) is 11.4 Å². The first-order chi connectivity index (χ1) is 14.4. The number of fused-ring (bicyclic) bond motifs is 5. The topological polar surface area (TPSA) is 56.5 Å². The lowest BCUT2D eigenvalue weighted by Crippen LogP contribution is -2.66. The fourth-order valence-corrected chi connectivity index (χ4v) is 8.43. The Kier molecular flexibility index (Phi) is 4.17. The van der Waals surface area contributed by atoms with E-state index in [-0.39, 0.29) is 21.9 Å². The second-order valence-electron chi connectivity index (χ2n) is 11.8. The third-order valence-electron chi connectivity index (χ3n) is 10.4. The molecule has 0 amide bonds. The maximum Gasteiger partial charge on any atom is 0.343 e. The Morgan fingerprint density at radius 1 is 0.968 bits per heavy atom. The molecule has 0 bridgehead atoms. The molecule has 5 rings (SSSR count). The summed E-state index contributed by atoms with van der Waals surface area (Å²) in [5.74, 6) is 2.59. The van der Waals surface area contributed by atoms with Crippen LogP contribution in [0.4, 0.5) is 0 Å². The molecule has 4 heteroatoms. The number of ether oxygens (including phenoxy) is 1. The minimum absolute atomic E-state index is 0.0892. The van der Waals surface area contributed by atoms with Gasteiger partial charge in [-0.15, -0.1) is 0 Å². The molecule has 3 fully saturated rings. The van der Waals surface area contributed by atoms with E-state index in [0.29, 0.717) is 41.8 Å². The Morgan fingerprint density at radius 2 is 1.68 bits per heavy atom. The van der Waals surface area contributed by atoms with E-state index in [0.717, 1.165) is 49.0 Å². The number of hydrogen-bond donors (Lipinski definition) is 0. The third kappa shape index (κ3) is 2.37. The number of hydrogen-bond acceptors (Lipinski definition) is 4. The highest BCUT2D eigenvalue weighted by Gasteiger charge is 2.69. The zero-order valence-electron chi connectivity index (χ0n) is 19.9. The van der Waals surface area contributed by atoms with Gasteiger partial charge in [-0.2, -0.15) is 0 Å². The number of carbonyl (C=O) groups is 1. The minimum Gasteiger partial charge on any atom is -0.481 e. The van der Waals surface area contributed by atoms with Gasteiger partial charge in [0.2, 0.25) is 0 Å². The zero-order chi connectivity index (χ0) is 22.6. The molecule has 168 valence electrons. The van der Waals surface area contributed by atoms with Crippen LogP contribution in [-0.2, 0) is 11.2 Å². The number of ketones is 1. The van der Waals surface area contributed by atoms with Crippen molar-refractivity contribution in [2.75, 3.05) is 0 Å². The van der Waals surface area contributed by atoms with Gasteiger partial charge in [-0.1, -0.05) is 34.3 Å². The maximum absolute atomic E-state index is 12.8. The first-order valence-electron chi connectivity index (χ1n) is 11.9. The standard InChI is InChI=1S/C27H36O4/c1-15-8-9-20-25(6)12-11-21(28)24(4,5)19(25)10-13-26(20,7)27(15)14-18-22(31-27)16(2)17(3)30-23(18)29/h19-20H,1,8-14H2,2-7H3/t19-,20+,25-,26+,27+/m0/s1. The Hall–Kier alpha value is -1.84. The van der Waals surface area contributed by atoms with Crippen LogP contribution in [0.25, 0.3) is 0 Å². The van der Waals surface area contributed by atoms with Crippen molar-refractivity contribution in [3.8, 4) is 5.75 Å². The van der Waals surface area contributed by atoms with Crippen molar-refractivity contribution in [2.24, 2.45) is 28.1 Å². The average Bonchev–Trinajstić information content (AvgIpc) is 3.11. The molecule has 2 heterocycles. The van der Waals surface area contributed by atoms with Crippen molar-refractivity contribution < 1.29 is 13.9 Å². The van der Waals surface area contributed by atoms with E-state index >= 15 is 0 Å². The molecule has 1 aromatic heterocycles. The predicted molar refractivity (Wildman–Crippen MR) is 120 cm³/mol. The second kappa shape index (κ2) is 6.14. The van der Waals surface area contributed by atoms with E-state index in [1.807, 2.05) is 13.8 Å². The molecule has 0 saturated heterocycles. The molecule has 0 unspecified atom stereocenters. The normalized spacial score (nSPS) is 40.8. The Labute approximate surface area is 185 Å². The zero-order valence-corrected chi connectivity index (χ0v) is 19.9. The second-order valence-corrected chi connectivity index (χ2v) is 11.8. The van der Waals surface area contributed by atoms with Crippen LogP contribution in [0.1, 0.15) is 83.1 Å². The first-order valence-corrected chi connectivity index (χ1v) is 11.9.